The number of fused-ring (bicyclic) bond motifs is 1. The van der Waals surface area contributed by atoms with Crippen molar-refractivity contribution in [2.75, 3.05) is 6.61 Å². The number of carbonyl (C=O) groups is 1. The highest BCUT2D eigenvalue weighted by Gasteiger charge is 2.33. The van der Waals surface area contributed by atoms with Gasteiger partial charge < -0.3 is 4.74 Å². The maximum Gasteiger partial charge on any atom is 0.338 e. The number of nitrogens with zero attached hydrogens (tertiary/aromatic N) is 2. The number of ether oxygens (including phenoxy) is 1. The highest BCUT2D eigenvalue weighted by atomic mass is 79.9. The Labute approximate surface area is 191 Å². The van der Waals surface area contributed by atoms with Crippen molar-refractivity contribution < 1.29 is 9.53 Å². The van der Waals surface area contributed by atoms with E-state index in [0.717, 1.165) is 15.6 Å². The van der Waals surface area contributed by atoms with Gasteiger partial charge in [0.05, 0.1) is 21.8 Å². The molecule has 2 heterocycles. The normalized spacial score (nSPS) is 15.9. The number of aromatic nitrogens is 1. The van der Waals surface area contributed by atoms with Crippen molar-refractivity contribution in [3.63, 3.8) is 0 Å². The van der Waals surface area contributed by atoms with Gasteiger partial charge in [-0.05, 0) is 36.3 Å². The average Bonchev–Trinajstić information content (AvgIpc) is 3.06. The number of halogens is 1. The van der Waals surface area contributed by atoms with Gasteiger partial charge in [0.25, 0.3) is 5.56 Å². The maximum atomic E-state index is 13.5. The van der Waals surface area contributed by atoms with Gasteiger partial charge >= 0.3 is 5.97 Å². The largest absolute Gasteiger partial charge is 0.458 e. The lowest BCUT2D eigenvalue weighted by Crippen LogP contribution is -2.39. The van der Waals surface area contributed by atoms with Crippen LogP contribution in [-0.4, -0.2) is 17.1 Å². The van der Waals surface area contributed by atoms with Gasteiger partial charge in [0, 0.05) is 4.47 Å². The molecule has 4 rings (SSSR count). The molecule has 1 aliphatic heterocycles. The zero-order chi connectivity index (χ0) is 22.0. The zero-order valence-electron chi connectivity index (χ0n) is 16.7. The molecule has 1 aliphatic rings. The number of hydrogen-bond acceptors (Lipinski definition) is 5. The molecule has 0 radical (unpaired) electrons. The minimum atomic E-state index is -0.612. The fourth-order valence-electron chi connectivity index (χ4n) is 3.49. The minimum Gasteiger partial charge on any atom is -0.458 e. The Morgan fingerprint density at radius 3 is 2.74 bits per heavy atom. The summed E-state index contributed by atoms with van der Waals surface area (Å²) in [6.07, 6.45) is 3.35. The highest BCUT2D eigenvalue weighted by molar-refractivity contribution is 9.10. The summed E-state index contributed by atoms with van der Waals surface area (Å²) in [7, 11) is 0. The Morgan fingerprint density at radius 1 is 1.26 bits per heavy atom. The molecule has 3 aromatic rings. The molecule has 1 aromatic heterocycles. The Kier molecular flexibility index (Phi) is 6.15. The molecule has 0 N–H and O–H groups in total. The molecule has 0 spiro atoms. The molecular weight excluding hydrogens is 476 g/mol. The SMILES string of the molecule is C=CCOC(=O)C1=C(C)N=c2s/c(=C/c3cccc(Br)c3)c(=O)n2[C@@H]1c1ccccc1. The third kappa shape index (κ3) is 4.24. The van der Waals surface area contributed by atoms with Crippen LogP contribution in [0.2, 0.25) is 0 Å². The fourth-order valence-corrected chi connectivity index (χ4v) is 4.96. The summed E-state index contributed by atoms with van der Waals surface area (Å²) in [6.45, 7) is 5.45. The number of thiazole rings is 1. The molecule has 0 fully saturated rings. The highest BCUT2D eigenvalue weighted by Crippen LogP contribution is 2.30. The molecule has 1 atom stereocenters. The van der Waals surface area contributed by atoms with Gasteiger partial charge in [-0.3, -0.25) is 9.36 Å². The predicted molar refractivity (Wildman–Crippen MR) is 126 cm³/mol. The standard InChI is InChI=1S/C24H19BrN2O3S/c1-3-12-30-23(29)20-15(2)26-24-27(21(20)17-9-5-4-6-10-17)22(28)19(31-24)14-16-8-7-11-18(25)13-16/h3-11,13-14,21H,1,12H2,2H3/b19-14+/t21-/m1/s1. The quantitative estimate of drug-likeness (QED) is 0.401. The van der Waals surface area contributed by atoms with Crippen molar-refractivity contribution in [2.45, 2.75) is 13.0 Å². The van der Waals surface area contributed by atoms with E-state index in [1.165, 1.54) is 17.4 Å². The second-order valence-corrected chi connectivity index (χ2v) is 8.86. The molecule has 156 valence electrons. The van der Waals surface area contributed by atoms with Crippen molar-refractivity contribution in [3.05, 3.63) is 114 Å². The van der Waals surface area contributed by atoms with Crippen molar-refractivity contribution in [1.82, 2.24) is 4.57 Å². The Hall–Kier alpha value is -3.03. The summed E-state index contributed by atoms with van der Waals surface area (Å²) in [5, 5.41) is 0. The zero-order valence-corrected chi connectivity index (χ0v) is 19.2. The van der Waals surface area contributed by atoms with Crippen molar-refractivity contribution >= 4 is 39.3 Å². The lowest BCUT2D eigenvalue weighted by atomic mass is 9.96. The summed E-state index contributed by atoms with van der Waals surface area (Å²) in [4.78, 5) is 31.5. The Balaban J connectivity index is 1.93. The predicted octanol–water partition coefficient (Wildman–Crippen LogP) is 3.73. The van der Waals surface area contributed by atoms with Gasteiger partial charge in [0.1, 0.15) is 6.61 Å². The number of rotatable bonds is 5. The van der Waals surface area contributed by atoms with Gasteiger partial charge in [0.2, 0.25) is 0 Å². The smallest absolute Gasteiger partial charge is 0.338 e. The number of esters is 1. The van der Waals surface area contributed by atoms with E-state index in [0.29, 0.717) is 20.6 Å². The van der Waals surface area contributed by atoms with Crippen LogP contribution in [-0.2, 0) is 9.53 Å². The Morgan fingerprint density at radius 2 is 2.03 bits per heavy atom. The van der Waals surface area contributed by atoms with Gasteiger partial charge in [-0.25, -0.2) is 9.79 Å². The molecule has 2 aromatic carbocycles. The van der Waals surface area contributed by atoms with Gasteiger partial charge in [-0.15, -0.1) is 0 Å². The van der Waals surface area contributed by atoms with Crippen LogP contribution < -0.4 is 14.9 Å². The summed E-state index contributed by atoms with van der Waals surface area (Å²) < 4.78 is 8.39. The monoisotopic (exact) mass is 494 g/mol. The topological polar surface area (TPSA) is 60.7 Å². The summed E-state index contributed by atoms with van der Waals surface area (Å²) in [5.74, 6) is -0.503. The summed E-state index contributed by atoms with van der Waals surface area (Å²) in [5.41, 5.74) is 2.42. The van der Waals surface area contributed by atoms with Crippen LogP contribution in [0.1, 0.15) is 24.1 Å². The molecule has 0 saturated heterocycles. The van der Waals surface area contributed by atoms with Crippen LogP contribution in [0.5, 0.6) is 0 Å². The molecule has 0 amide bonds. The van der Waals surface area contributed by atoms with E-state index in [1.807, 2.05) is 60.7 Å². The molecule has 0 aliphatic carbocycles. The lowest BCUT2D eigenvalue weighted by molar-refractivity contribution is -0.138. The molecule has 31 heavy (non-hydrogen) atoms. The number of carbonyl (C=O) groups excluding carboxylic acids is 1. The van der Waals surface area contributed by atoms with E-state index >= 15 is 0 Å². The molecular formula is C24H19BrN2O3S. The minimum absolute atomic E-state index is 0.0877. The van der Waals surface area contributed by atoms with Crippen LogP contribution in [0.3, 0.4) is 0 Å². The van der Waals surface area contributed by atoms with Crippen LogP contribution in [0.4, 0.5) is 0 Å². The van der Waals surface area contributed by atoms with Crippen LogP contribution in [0.25, 0.3) is 6.08 Å². The van der Waals surface area contributed by atoms with E-state index in [4.69, 9.17) is 4.74 Å². The molecule has 5 nitrogen and oxygen atoms in total. The second-order valence-electron chi connectivity index (χ2n) is 6.93. The van der Waals surface area contributed by atoms with Crippen molar-refractivity contribution in [3.8, 4) is 0 Å². The number of allylic oxidation sites excluding steroid dienone is 1. The maximum absolute atomic E-state index is 13.5. The lowest BCUT2D eigenvalue weighted by Gasteiger charge is -2.24. The first-order valence-electron chi connectivity index (χ1n) is 9.60. The van der Waals surface area contributed by atoms with Gasteiger partial charge in [0.15, 0.2) is 4.80 Å². The van der Waals surface area contributed by atoms with Gasteiger partial charge in [-0.1, -0.05) is 82.4 Å². The van der Waals surface area contributed by atoms with E-state index < -0.39 is 12.0 Å². The third-order valence-electron chi connectivity index (χ3n) is 4.84. The molecule has 0 unspecified atom stereocenters. The fraction of sp³-hybridized carbons (Fsp3) is 0.125. The number of hydrogen-bond donors (Lipinski definition) is 0. The first-order valence-corrected chi connectivity index (χ1v) is 11.2. The first-order chi connectivity index (χ1) is 15.0. The van der Waals surface area contributed by atoms with E-state index in [1.54, 1.807) is 11.5 Å². The molecule has 7 heteroatoms. The van der Waals surface area contributed by atoms with Crippen LogP contribution in [0, 0.1) is 0 Å². The van der Waals surface area contributed by atoms with E-state index in [-0.39, 0.29) is 12.2 Å². The van der Waals surface area contributed by atoms with E-state index in [2.05, 4.69) is 27.5 Å². The Bertz CT molecular complexity index is 1370. The summed E-state index contributed by atoms with van der Waals surface area (Å²) >= 11 is 4.77. The first kappa shape index (κ1) is 21.2. The third-order valence-corrected chi connectivity index (χ3v) is 6.31. The summed E-state index contributed by atoms with van der Waals surface area (Å²) in [6, 6.07) is 16.6. The van der Waals surface area contributed by atoms with Crippen LogP contribution in [0.15, 0.2) is 92.8 Å². The van der Waals surface area contributed by atoms with Gasteiger partial charge in [-0.2, -0.15) is 0 Å². The average molecular weight is 495 g/mol. The number of benzene rings is 2. The molecule has 0 bridgehead atoms. The van der Waals surface area contributed by atoms with E-state index in [9.17, 15) is 9.59 Å². The van der Waals surface area contributed by atoms with Crippen molar-refractivity contribution in [2.24, 2.45) is 4.99 Å². The van der Waals surface area contributed by atoms with Crippen LogP contribution >= 0.6 is 27.3 Å². The van der Waals surface area contributed by atoms with Crippen molar-refractivity contribution in [1.29, 1.82) is 0 Å². The molecule has 0 saturated carbocycles. The second kappa shape index (κ2) is 8.99.